The van der Waals surface area contributed by atoms with E-state index in [9.17, 15) is 23.1 Å². The summed E-state index contributed by atoms with van der Waals surface area (Å²) >= 11 is 0. The van der Waals surface area contributed by atoms with Crippen LogP contribution in [0.25, 0.3) is 0 Å². The van der Waals surface area contributed by atoms with Crippen molar-refractivity contribution in [1.82, 2.24) is 4.90 Å². The topological polar surface area (TPSA) is 59.0 Å². The fourth-order valence-electron chi connectivity index (χ4n) is 4.17. The summed E-state index contributed by atoms with van der Waals surface area (Å²) < 4.78 is 54.3. The Morgan fingerprint density at radius 2 is 1.33 bits per heavy atom. The zero-order chi connectivity index (χ0) is 23.2. The lowest BCUT2D eigenvalue weighted by atomic mass is 9.97. The van der Waals surface area contributed by atoms with E-state index in [0.29, 0.717) is 37.1 Å². The molecule has 170 valence electrons. The number of likely N-dealkylation sites (tertiary alicyclic amines) is 1. The molecule has 3 aromatic carbocycles. The van der Waals surface area contributed by atoms with Crippen LogP contribution in [0.15, 0.2) is 60.7 Å². The minimum Gasteiger partial charge on any atom is -0.440 e. The van der Waals surface area contributed by atoms with Crippen LogP contribution in [-0.2, 0) is 5.79 Å². The number of hydrogen-bond acceptors (Lipinski definition) is 4. The first-order valence-electron chi connectivity index (χ1n) is 10.6. The molecule has 0 unspecified atom stereocenters. The molecule has 2 heterocycles. The zero-order valence-electron chi connectivity index (χ0n) is 17.4. The van der Waals surface area contributed by atoms with E-state index in [1.54, 1.807) is 0 Å². The molecule has 3 aromatic rings. The van der Waals surface area contributed by atoms with E-state index in [4.69, 9.17) is 9.47 Å². The Bertz CT molecular complexity index is 1140. The number of rotatable bonds is 3. The maximum absolute atomic E-state index is 15.0. The van der Waals surface area contributed by atoms with Crippen molar-refractivity contribution in [2.75, 3.05) is 13.1 Å². The average Bonchev–Trinajstić information content (AvgIpc) is 3.19. The molecule has 2 aliphatic heterocycles. The van der Waals surface area contributed by atoms with Crippen molar-refractivity contribution in [2.24, 2.45) is 0 Å². The second kappa shape index (κ2) is 8.12. The van der Waals surface area contributed by atoms with Crippen LogP contribution in [-0.4, -0.2) is 35.1 Å². The van der Waals surface area contributed by atoms with Gasteiger partial charge >= 0.3 is 5.79 Å². The van der Waals surface area contributed by atoms with Gasteiger partial charge in [-0.25, -0.2) is 13.2 Å². The van der Waals surface area contributed by atoms with Crippen molar-refractivity contribution >= 4 is 5.91 Å². The fourth-order valence-corrected chi connectivity index (χ4v) is 4.17. The summed E-state index contributed by atoms with van der Waals surface area (Å²) in [6, 6.07) is 13.2. The van der Waals surface area contributed by atoms with Gasteiger partial charge in [0.1, 0.15) is 17.5 Å². The highest BCUT2D eigenvalue weighted by atomic mass is 19.1. The number of amides is 1. The van der Waals surface area contributed by atoms with E-state index >= 15 is 0 Å². The Hall–Kier alpha value is -3.52. The van der Waals surface area contributed by atoms with Gasteiger partial charge in [0.2, 0.25) is 0 Å². The van der Waals surface area contributed by atoms with E-state index in [1.165, 1.54) is 59.5 Å². The second-order valence-corrected chi connectivity index (χ2v) is 8.14. The van der Waals surface area contributed by atoms with Gasteiger partial charge in [0, 0.05) is 30.3 Å². The lowest BCUT2D eigenvalue weighted by molar-refractivity contribution is -0.0460. The lowest BCUT2D eigenvalue weighted by Gasteiger charge is -2.29. The van der Waals surface area contributed by atoms with E-state index in [0.717, 1.165) is 6.07 Å². The van der Waals surface area contributed by atoms with Crippen LogP contribution in [0.3, 0.4) is 0 Å². The molecule has 0 spiro atoms. The molecule has 1 amide bonds. The molecule has 0 saturated carbocycles. The maximum Gasteiger partial charge on any atom is 0.305 e. The molecule has 0 aliphatic carbocycles. The van der Waals surface area contributed by atoms with Crippen molar-refractivity contribution in [1.29, 1.82) is 0 Å². The monoisotopic (exact) mass is 455 g/mol. The molecule has 1 saturated heterocycles. The molecular formula is C25H20F3NO4. The fraction of sp³-hybridized carbons (Fsp3) is 0.240. The third-order valence-corrected chi connectivity index (χ3v) is 5.97. The number of nitrogens with zero attached hydrogens (tertiary/aromatic N) is 1. The lowest BCUT2D eigenvalue weighted by Crippen LogP contribution is -2.40. The van der Waals surface area contributed by atoms with Crippen molar-refractivity contribution in [2.45, 2.75) is 24.7 Å². The molecule has 1 fully saturated rings. The van der Waals surface area contributed by atoms with Gasteiger partial charge in [-0.3, -0.25) is 4.79 Å². The van der Waals surface area contributed by atoms with Gasteiger partial charge in [0.25, 0.3) is 5.91 Å². The Labute approximate surface area is 188 Å². The first-order chi connectivity index (χ1) is 15.9. The summed E-state index contributed by atoms with van der Waals surface area (Å²) in [5.74, 6) is -3.64. The van der Waals surface area contributed by atoms with Crippen molar-refractivity contribution in [3.05, 3.63) is 94.8 Å². The van der Waals surface area contributed by atoms with Crippen LogP contribution in [0.1, 0.15) is 34.3 Å². The Kier molecular flexibility index (Phi) is 5.25. The molecular weight excluding hydrogens is 435 g/mol. The summed E-state index contributed by atoms with van der Waals surface area (Å²) in [7, 11) is 0. The highest BCUT2D eigenvalue weighted by molar-refractivity contribution is 5.95. The SMILES string of the molecule is O=C(c1cc2c(cc1F)OC(c1ccc(F)cc1)(c1ccc(F)cc1)O2)N1CCC(O)CC1. The van der Waals surface area contributed by atoms with E-state index in [1.807, 2.05) is 0 Å². The molecule has 5 nitrogen and oxygen atoms in total. The molecule has 0 aromatic heterocycles. The molecule has 0 bridgehead atoms. The van der Waals surface area contributed by atoms with Gasteiger partial charge in [-0.1, -0.05) is 0 Å². The molecule has 33 heavy (non-hydrogen) atoms. The third-order valence-electron chi connectivity index (χ3n) is 5.97. The largest absolute Gasteiger partial charge is 0.440 e. The Morgan fingerprint density at radius 1 is 0.848 bits per heavy atom. The number of benzene rings is 3. The molecule has 0 radical (unpaired) electrons. The molecule has 5 rings (SSSR count). The van der Waals surface area contributed by atoms with Gasteiger partial charge in [-0.05, 0) is 67.4 Å². The summed E-state index contributed by atoms with van der Waals surface area (Å²) in [6.07, 6.45) is 0.384. The molecule has 2 aliphatic rings. The number of aliphatic hydroxyl groups excluding tert-OH is 1. The zero-order valence-corrected chi connectivity index (χ0v) is 17.4. The van der Waals surface area contributed by atoms with Crippen molar-refractivity contribution < 1.29 is 32.5 Å². The average molecular weight is 455 g/mol. The summed E-state index contributed by atoms with van der Waals surface area (Å²) in [5.41, 5.74) is 0.637. The van der Waals surface area contributed by atoms with Gasteiger partial charge in [0.15, 0.2) is 11.5 Å². The number of hydrogen-bond donors (Lipinski definition) is 1. The Morgan fingerprint density at radius 3 is 1.85 bits per heavy atom. The van der Waals surface area contributed by atoms with E-state index in [2.05, 4.69) is 0 Å². The predicted molar refractivity (Wildman–Crippen MR) is 112 cm³/mol. The van der Waals surface area contributed by atoms with Crippen molar-refractivity contribution in [3.63, 3.8) is 0 Å². The number of aliphatic hydroxyl groups is 1. The molecule has 0 atom stereocenters. The smallest absolute Gasteiger partial charge is 0.305 e. The number of halogens is 3. The summed E-state index contributed by atoms with van der Waals surface area (Å²) in [5, 5.41) is 9.67. The van der Waals surface area contributed by atoms with Crippen LogP contribution in [0.2, 0.25) is 0 Å². The number of piperidine rings is 1. The van der Waals surface area contributed by atoms with Crippen LogP contribution in [0, 0.1) is 17.5 Å². The minimum absolute atomic E-state index is 0.0618. The van der Waals surface area contributed by atoms with E-state index in [-0.39, 0.29) is 17.1 Å². The van der Waals surface area contributed by atoms with Crippen LogP contribution in [0.5, 0.6) is 11.5 Å². The number of fused-ring (bicyclic) bond motifs is 1. The highest BCUT2D eigenvalue weighted by Crippen LogP contribution is 2.48. The van der Waals surface area contributed by atoms with Crippen LogP contribution < -0.4 is 9.47 Å². The highest BCUT2D eigenvalue weighted by Gasteiger charge is 2.46. The van der Waals surface area contributed by atoms with E-state index < -0.39 is 35.2 Å². The number of carbonyl (C=O) groups is 1. The maximum atomic E-state index is 15.0. The standard InChI is InChI=1S/C25H20F3NO4/c26-17-5-1-15(2-6-17)25(16-3-7-18(27)8-4-16)32-22-13-20(21(28)14-23(22)33-25)24(31)29-11-9-19(30)10-12-29/h1-8,13-14,19,30H,9-12H2. The normalized spacial score (nSPS) is 17.3. The molecule has 8 heteroatoms. The van der Waals surface area contributed by atoms with Gasteiger partial charge in [0.05, 0.1) is 11.7 Å². The first-order valence-corrected chi connectivity index (χ1v) is 10.6. The number of carbonyl (C=O) groups excluding carboxylic acids is 1. The van der Waals surface area contributed by atoms with Crippen LogP contribution >= 0.6 is 0 Å². The number of ether oxygens (including phenoxy) is 2. The minimum atomic E-state index is -1.62. The predicted octanol–water partition coefficient (Wildman–Crippen LogP) is 4.37. The molecule has 1 N–H and O–H groups in total. The van der Waals surface area contributed by atoms with Gasteiger partial charge in [-0.15, -0.1) is 0 Å². The second-order valence-electron chi connectivity index (χ2n) is 8.14. The van der Waals surface area contributed by atoms with Gasteiger partial charge in [-0.2, -0.15) is 0 Å². The Balaban J connectivity index is 1.54. The summed E-state index contributed by atoms with van der Waals surface area (Å²) in [6.45, 7) is 0.645. The quantitative estimate of drug-likeness (QED) is 0.637. The van der Waals surface area contributed by atoms with Crippen molar-refractivity contribution in [3.8, 4) is 11.5 Å². The third kappa shape index (κ3) is 3.80. The summed E-state index contributed by atoms with van der Waals surface area (Å²) in [4.78, 5) is 14.4. The van der Waals surface area contributed by atoms with Crippen LogP contribution in [0.4, 0.5) is 13.2 Å². The van der Waals surface area contributed by atoms with Gasteiger partial charge < -0.3 is 19.5 Å². The first kappa shape index (κ1) is 21.3.